The van der Waals surface area contributed by atoms with Crippen molar-refractivity contribution in [3.8, 4) is 16.9 Å². The number of ether oxygens (including phenoxy) is 2. The average molecular weight is 489 g/mol. The molecule has 0 N–H and O–H groups in total. The van der Waals surface area contributed by atoms with Crippen LogP contribution in [-0.4, -0.2) is 18.7 Å². The normalized spacial score (nSPS) is 12.6. The minimum absolute atomic E-state index is 0.380. The van der Waals surface area contributed by atoms with Crippen molar-refractivity contribution in [2.24, 2.45) is 0 Å². The molecule has 2 aromatic carbocycles. The van der Waals surface area contributed by atoms with Gasteiger partial charge in [0, 0.05) is 0 Å². The zero-order chi connectivity index (χ0) is 24.8. The number of unbranched alkanes of at least 4 members (excludes halogenated alkanes) is 6. The molecule has 0 fully saturated rings. The van der Waals surface area contributed by atoms with E-state index in [-0.39, 0.29) is 0 Å². The minimum atomic E-state index is -0.790. The highest BCUT2D eigenvalue weighted by atomic mass is 35.5. The lowest BCUT2D eigenvalue weighted by Gasteiger charge is -2.26. The number of carbonyl (C=O) groups excluding carboxylic acids is 2. The van der Waals surface area contributed by atoms with E-state index in [1.165, 1.54) is 32.1 Å². The van der Waals surface area contributed by atoms with Crippen molar-refractivity contribution in [3.63, 3.8) is 0 Å². The van der Waals surface area contributed by atoms with Gasteiger partial charge in [-0.3, -0.25) is 0 Å². The van der Waals surface area contributed by atoms with Gasteiger partial charge in [0.2, 0.25) is 0 Å². The van der Waals surface area contributed by atoms with Crippen LogP contribution in [0.25, 0.3) is 11.1 Å². The second kappa shape index (κ2) is 14.7. The maximum atomic E-state index is 12.2. The molecule has 0 unspecified atom stereocenters. The van der Waals surface area contributed by atoms with E-state index in [1.54, 1.807) is 12.1 Å². The van der Waals surface area contributed by atoms with Crippen molar-refractivity contribution < 1.29 is 23.4 Å². The van der Waals surface area contributed by atoms with Gasteiger partial charge in [0.05, 0.1) is 12.0 Å². The van der Waals surface area contributed by atoms with Crippen LogP contribution < -0.4 is 4.74 Å². The van der Waals surface area contributed by atoms with Gasteiger partial charge < -0.3 is 13.8 Å². The lowest BCUT2D eigenvalue weighted by molar-refractivity contribution is -0.140. The van der Waals surface area contributed by atoms with Crippen LogP contribution in [0.15, 0.2) is 48.5 Å². The van der Waals surface area contributed by atoms with Gasteiger partial charge in [0.15, 0.2) is 0 Å². The van der Waals surface area contributed by atoms with Crippen molar-refractivity contribution in [2.45, 2.75) is 84.0 Å². The third-order valence-electron chi connectivity index (χ3n) is 6.15. The smallest absolute Gasteiger partial charge is 0.434 e. The zero-order valence-corrected chi connectivity index (χ0v) is 21.4. The quantitative estimate of drug-likeness (QED) is 0.152. The van der Waals surface area contributed by atoms with E-state index in [9.17, 15) is 9.59 Å². The third kappa shape index (κ3) is 8.35. The summed E-state index contributed by atoms with van der Waals surface area (Å²) in [4.78, 5) is 24.2. The van der Waals surface area contributed by atoms with Gasteiger partial charge in [-0.25, -0.2) is 9.59 Å². The topological polar surface area (TPSA) is 61.8 Å². The van der Waals surface area contributed by atoms with E-state index >= 15 is 0 Å². The van der Waals surface area contributed by atoms with Crippen molar-refractivity contribution in [1.82, 2.24) is 0 Å². The molecule has 6 heteroatoms. The van der Waals surface area contributed by atoms with Gasteiger partial charge in [-0.15, -0.1) is 0 Å². The van der Waals surface area contributed by atoms with Gasteiger partial charge in [-0.1, -0.05) is 95.2 Å². The second-order valence-electron chi connectivity index (χ2n) is 8.87. The molecule has 0 aliphatic heterocycles. The van der Waals surface area contributed by atoms with Crippen molar-refractivity contribution >= 4 is 24.0 Å². The van der Waals surface area contributed by atoms with Gasteiger partial charge in [-0.05, 0) is 48.6 Å². The molecule has 34 heavy (non-hydrogen) atoms. The summed E-state index contributed by atoms with van der Waals surface area (Å²) in [7, 11) is 0. The lowest BCUT2D eigenvalue weighted by atomic mass is 9.78. The molecule has 2 aromatic rings. The Hall–Kier alpha value is -2.53. The molecule has 0 saturated heterocycles. The monoisotopic (exact) mass is 488 g/mol. The number of halogens is 1. The van der Waals surface area contributed by atoms with Crippen LogP contribution in [0, 0.1) is 0 Å². The highest BCUT2D eigenvalue weighted by molar-refractivity contribution is 6.14. The SMILES string of the molecule is CCCCCCCCCOC(=O)Oc1ccc(-c2ccc([C@](C)(CCC)C(=O)OCl)cc2)cc1. The first-order chi connectivity index (χ1) is 16.4. The number of hydrogen-bond acceptors (Lipinski definition) is 5. The van der Waals surface area contributed by atoms with Gasteiger partial charge in [-0.2, -0.15) is 0 Å². The van der Waals surface area contributed by atoms with Crippen LogP contribution in [0.3, 0.4) is 0 Å². The summed E-state index contributed by atoms with van der Waals surface area (Å²) in [5, 5.41) is 0. The summed E-state index contributed by atoms with van der Waals surface area (Å²) in [6.07, 6.45) is 8.94. The van der Waals surface area contributed by atoms with E-state index in [0.717, 1.165) is 36.0 Å². The Kier molecular flexibility index (Phi) is 12.0. The third-order valence-corrected chi connectivity index (χ3v) is 6.29. The minimum Gasteiger partial charge on any atom is -0.434 e. The molecule has 0 bridgehead atoms. The van der Waals surface area contributed by atoms with Gasteiger partial charge in [0.25, 0.3) is 0 Å². The molecule has 0 aliphatic rings. The standard InChI is InChI=1S/C28H37ClO5/c1-4-6-7-8-9-10-11-21-32-27(31)33-25-18-14-23(15-19-25)22-12-16-24(17-13-22)28(3,20-5-2)26(30)34-29/h12-19H,4-11,20-21H2,1-3H3/t28-/m0/s1. The zero-order valence-electron chi connectivity index (χ0n) is 20.6. The van der Waals surface area contributed by atoms with Crippen LogP contribution in [0.4, 0.5) is 4.79 Å². The highest BCUT2D eigenvalue weighted by Gasteiger charge is 2.36. The van der Waals surface area contributed by atoms with E-state index in [4.69, 9.17) is 21.3 Å². The molecule has 0 aliphatic carbocycles. The summed E-state index contributed by atoms with van der Waals surface area (Å²) >= 11 is 5.37. The Bertz CT molecular complexity index is 879. The van der Waals surface area contributed by atoms with Crippen LogP contribution in [-0.2, 0) is 19.2 Å². The van der Waals surface area contributed by atoms with Gasteiger partial charge >= 0.3 is 12.1 Å². The summed E-state index contributed by atoms with van der Waals surface area (Å²) in [6, 6.07) is 15.0. The summed E-state index contributed by atoms with van der Waals surface area (Å²) in [5.74, 6) is -0.0190. The van der Waals surface area contributed by atoms with Crippen molar-refractivity contribution in [3.05, 3.63) is 54.1 Å². The number of benzene rings is 2. The van der Waals surface area contributed by atoms with E-state index in [1.807, 2.05) is 50.2 Å². The molecule has 5 nitrogen and oxygen atoms in total. The summed E-state index contributed by atoms with van der Waals surface area (Å²) in [5.41, 5.74) is 2.01. The fraction of sp³-hybridized carbons (Fsp3) is 0.500. The Labute approximate surface area is 208 Å². The maximum absolute atomic E-state index is 12.2. The fourth-order valence-corrected chi connectivity index (χ4v) is 4.21. The number of carbonyl (C=O) groups is 2. The molecular weight excluding hydrogens is 452 g/mol. The van der Waals surface area contributed by atoms with Crippen LogP contribution in [0.2, 0.25) is 0 Å². The van der Waals surface area contributed by atoms with Crippen LogP contribution >= 0.6 is 11.9 Å². The molecule has 0 aromatic heterocycles. The molecule has 0 spiro atoms. The van der Waals surface area contributed by atoms with Crippen LogP contribution in [0.5, 0.6) is 5.75 Å². The number of rotatable bonds is 14. The van der Waals surface area contributed by atoms with Crippen molar-refractivity contribution in [2.75, 3.05) is 6.61 Å². The molecule has 186 valence electrons. The largest absolute Gasteiger partial charge is 0.513 e. The molecule has 2 rings (SSSR count). The first kappa shape index (κ1) is 27.7. The lowest BCUT2D eigenvalue weighted by Crippen LogP contribution is -2.32. The van der Waals surface area contributed by atoms with Crippen molar-refractivity contribution in [1.29, 1.82) is 0 Å². The summed E-state index contributed by atoms with van der Waals surface area (Å²) in [6.45, 7) is 6.45. The van der Waals surface area contributed by atoms with E-state index in [2.05, 4.69) is 11.2 Å². The Morgan fingerprint density at radius 2 is 1.35 bits per heavy atom. The summed E-state index contributed by atoms with van der Waals surface area (Å²) < 4.78 is 15.0. The first-order valence-electron chi connectivity index (χ1n) is 12.3. The number of hydrogen-bond donors (Lipinski definition) is 0. The Balaban J connectivity index is 1.86. The molecule has 0 saturated carbocycles. The molecule has 0 heterocycles. The molecule has 0 radical (unpaired) electrons. The Morgan fingerprint density at radius 1 is 0.794 bits per heavy atom. The average Bonchev–Trinajstić information content (AvgIpc) is 2.85. The fourth-order valence-electron chi connectivity index (χ4n) is 4.04. The molecule has 1 atom stereocenters. The molecular formula is C28H37ClO5. The first-order valence-corrected chi connectivity index (χ1v) is 12.6. The Morgan fingerprint density at radius 3 is 1.91 bits per heavy atom. The molecule has 0 amide bonds. The van der Waals surface area contributed by atoms with Gasteiger partial charge in [0.1, 0.15) is 17.6 Å². The maximum Gasteiger partial charge on any atom is 0.513 e. The van der Waals surface area contributed by atoms with Crippen LogP contribution in [0.1, 0.15) is 84.1 Å². The van der Waals surface area contributed by atoms with E-state index in [0.29, 0.717) is 18.8 Å². The predicted octanol–water partition coefficient (Wildman–Crippen LogP) is 8.37. The van der Waals surface area contributed by atoms with E-state index < -0.39 is 17.5 Å². The second-order valence-corrected chi connectivity index (χ2v) is 9.02. The predicted molar refractivity (Wildman–Crippen MR) is 136 cm³/mol. The highest BCUT2D eigenvalue weighted by Crippen LogP contribution is 2.33.